The minimum absolute atomic E-state index is 0.0950. The van der Waals surface area contributed by atoms with Crippen molar-refractivity contribution in [3.8, 4) is 0 Å². The third-order valence-electron chi connectivity index (χ3n) is 8.99. The van der Waals surface area contributed by atoms with Crippen LogP contribution in [0.25, 0.3) is 0 Å². The number of fused-ring (bicyclic) bond motifs is 3. The highest BCUT2D eigenvalue weighted by atomic mass is 28.4. The Labute approximate surface area is 177 Å². The summed E-state index contributed by atoms with van der Waals surface area (Å²) >= 11 is 0. The molecule has 2 fully saturated rings. The van der Waals surface area contributed by atoms with Crippen LogP contribution in [0.15, 0.2) is 11.8 Å². The molecule has 5 atom stereocenters. The lowest BCUT2D eigenvalue weighted by atomic mass is 9.52. The topological polar surface area (TPSA) is 63.6 Å². The van der Waals surface area contributed by atoms with Crippen LogP contribution in [-0.4, -0.2) is 31.1 Å². The molecule has 0 radical (unpaired) electrons. The molecule has 2 saturated carbocycles. The number of Topliss-reactive ketones (excluding diaryl/α,β-unsaturated/α-hetero) is 2. The van der Waals surface area contributed by atoms with Gasteiger partial charge in [-0.1, -0.05) is 41.5 Å². The van der Waals surface area contributed by atoms with Gasteiger partial charge in [-0.15, -0.1) is 0 Å². The van der Waals surface area contributed by atoms with Crippen LogP contribution in [-0.2, 0) is 14.0 Å². The van der Waals surface area contributed by atoms with Gasteiger partial charge in [-0.25, -0.2) is 0 Å². The van der Waals surface area contributed by atoms with Crippen LogP contribution in [0.5, 0.6) is 0 Å². The molecule has 164 valence electrons. The predicted molar refractivity (Wildman–Crippen MR) is 118 cm³/mol. The molecular weight excluding hydrogens is 380 g/mol. The van der Waals surface area contributed by atoms with E-state index in [9.17, 15) is 14.7 Å². The molecule has 29 heavy (non-hydrogen) atoms. The lowest BCUT2D eigenvalue weighted by Gasteiger charge is -2.53. The first-order valence-electron chi connectivity index (χ1n) is 11.3. The standard InChI is InChI=1S/C24H40O4Si/c1-22(2,3)29(7,8)28-19-10-9-15-13-20(26)24(6)12-11-18(25)21(27)17(24)14-16(19)23(15,4)5/h10,15-18,25H,9,11-14H2,1-8H3/t15?,16?,17-,18?,24-/m1/s1. The van der Waals surface area contributed by atoms with E-state index in [1.807, 2.05) is 6.92 Å². The maximum atomic E-state index is 13.3. The second-order valence-electron chi connectivity index (χ2n) is 12.1. The van der Waals surface area contributed by atoms with E-state index in [0.29, 0.717) is 25.7 Å². The fourth-order valence-corrected chi connectivity index (χ4v) is 6.51. The first-order chi connectivity index (χ1) is 13.1. The third-order valence-corrected chi connectivity index (χ3v) is 13.4. The van der Waals surface area contributed by atoms with Gasteiger partial charge in [0.05, 0.1) is 5.76 Å². The molecule has 0 saturated heterocycles. The number of aliphatic hydroxyl groups excluding tert-OH is 1. The van der Waals surface area contributed by atoms with Gasteiger partial charge < -0.3 is 9.53 Å². The summed E-state index contributed by atoms with van der Waals surface area (Å²) in [5, 5.41) is 10.4. The monoisotopic (exact) mass is 420 g/mol. The molecule has 3 aliphatic carbocycles. The predicted octanol–water partition coefficient (Wildman–Crippen LogP) is 5.26. The Hall–Kier alpha value is -0.943. The molecule has 0 amide bonds. The van der Waals surface area contributed by atoms with Gasteiger partial charge in [0.15, 0.2) is 5.78 Å². The van der Waals surface area contributed by atoms with Crippen LogP contribution in [0.2, 0.25) is 18.1 Å². The van der Waals surface area contributed by atoms with Crippen LogP contribution >= 0.6 is 0 Å². The normalized spacial score (nSPS) is 37.9. The molecule has 3 unspecified atom stereocenters. The molecule has 0 heterocycles. The highest BCUT2D eigenvalue weighted by molar-refractivity contribution is 6.74. The number of rotatable bonds is 2. The van der Waals surface area contributed by atoms with Crippen molar-refractivity contribution in [2.45, 2.75) is 97.9 Å². The summed E-state index contributed by atoms with van der Waals surface area (Å²) in [7, 11) is -2.02. The first-order valence-corrected chi connectivity index (χ1v) is 14.2. The summed E-state index contributed by atoms with van der Waals surface area (Å²) in [6.07, 6.45) is 4.25. The molecule has 0 aromatic rings. The van der Waals surface area contributed by atoms with Crippen molar-refractivity contribution in [2.75, 3.05) is 0 Å². The van der Waals surface area contributed by atoms with Crippen LogP contribution in [0, 0.1) is 28.6 Å². The molecule has 3 aliphatic rings. The number of allylic oxidation sites excluding steroid dienone is 2. The summed E-state index contributed by atoms with van der Waals surface area (Å²) in [5.74, 6) is 1.05. The highest BCUT2D eigenvalue weighted by Gasteiger charge is 2.57. The number of hydrogen-bond donors (Lipinski definition) is 1. The van der Waals surface area contributed by atoms with Gasteiger partial charge in [-0.3, -0.25) is 9.59 Å². The number of aliphatic hydroxyl groups is 1. The minimum atomic E-state index is -2.02. The van der Waals surface area contributed by atoms with E-state index in [4.69, 9.17) is 4.43 Å². The van der Waals surface area contributed by atoms with E-state index < -0.39 is 25.8 Å². The minimum Gasteiger partial charge on any atom is -0.547 e. The second-order valence-corrected chi connectivity index (χ2v) is 16.8. The Bertz CT molecular complexity index is 730. The quantitative estimate of drug-likeness (QED) is 0.619. The zero-order valence-electron chi connectivity index (χ0n) is 19.6. The van der Waals surface area contributed by atoms with Gasteiger partial charge in [0.2, 0.25) is 8.32 Å². The van der Waals surface area contributed by atoms with Gasteiger partial charge in [-0.05, 0) is 61.2 Å². The van der Waals surface area contributed by atoms with Gasteiger partial charge in [-0.2, -0.15) is 0 Å². The molecule has 4 nitrogen and oxygen atoms in total. The molecule has 0 aromatic carbocycles. The molecule has 0 aliphatic heterocycles. The van der Waals surface area contributed by atoms with E-state index in [2.05, 4.69) is 53.8 Å². The van der Waals surface area contributed by atoms with Crippen molar-refractivity contribution in [1.29, 1.82) is 0 Å². The summed E-state index contributed by atoms with van der Waals surface area (Å²) < 4.78 is 6.80. The van der Waals surface area contributed by atoms with E-state index in [-0.39, 0.29) is 33.9 Å². The smallest absolute Gasteiger partial charge is 0.250 e. The van der Waals surface area contributed by atoms with Gasteiger partial charge >= 0.3 is 0 Å². The molecule has 1 N–H and O–H groups in total. The van der Waals surface area contributed by atoms with Gasteiger partial charge in [0.1, 0.15) is 11.9 Å². The van der Waals surface area contributed by atoms with E-state index in [1.54, 1.807) is 0 Å². The highest BCUT2D eigenvalue weighted by Crippen LogP contribution is 2.57. The SMILES string of the molecule is CC1(C)C2CC=C(O[Si](C)(C)C(C)(C)C)C1C[C@@H]1C(=O)C(O)CC[C@@]1(C)C(=O)C2. The van der Waals surface area contributed by atoms with E-state index >= 15 is 0 Å². The van der Waals surface area contributed by atoms with Crippen LogP contribution in [0.1, 0.15) is 73.6 Å². The van der Waals surface area contributed by atoms with Crippen LogP contribution in [0.4, 0.5) is 0 Å². The fraction of sp³-hybridized carbons (Fsp3) is 0.833. The second kappa shape index (κ2) is 7.05. The Kier molecular flexibility index (Phi) is 5.52. The van der Waals surface area contributed by atoms with Gasteiger partial charge in [0, 0.05) is 23.7 Å². The number of carbonyl (C=O) groups is 2. The van der Waals surface area contributed by atoms with Crippen molar-refractivity contribution in [1.82, 2.24) is 0 Å². The van der Waals surface area contributed by atoms with Crippen molar-refractivity contribution in [3.63, 3.8) is 0 Å². The molecule has 2 bridgehead atoms. The maximum Gasteiger partial charge on any atom is 0.250 e. The number of hydrogen-bond acceptors (Lipinski definition) is 4. The van der Waals surface area contributed by atoms with Crippen molar-refractivity contribution in [2.24, 2.45) is 28.6 Å². The molecule has 0 spiro atoms. The maximum absolute atomic E-state index is 13.3. The van der Waals surface area contributed by atoms with Gasteiger partial charge in [0.25, 0.3) is 0 Å². The molecular formula is C24H40O4Si. The van der Waals surface area contributed by atoms with E-state index in [1.165, 1.54) is 0 Å². The summed E-state index contributed by atoms with van der Waals surface area (Å²) in [6.45, 7) is 17.7. The summed E-state index contributed by atoms with van der Waals surface area (Å²) in [6, 6.07) is 0. The Balaban J connectivity index is 2.04. The Morgan fingerprint density at radius 3 is 2.34 bits per heavy atom. The van der Waals surface area contributed by atoms with Crippen molar-refractivity contribution >= 4 is 19.9 Å². The largest absolute Gasteiger partial charge is 0.547 e. The fourth-order valence-electron chi connectivity index (χ4n) is 5.38. The average Bonchev–Trinajstić information content (AvgIpc) is 2.58. The first kappa shape index (κ1) is 22.7. The number of carbonyl (C=O) groups excluding carboxylic acids is 2. The zero-order valence-corrected chi connectivity index (χ0v) is 20.6. The average molecular weight is 421 g/mol. The Morgan fingerprint density at radius 2 is 1.76 bits per heavy atom. The summed E-state index contributed by atoms with van der Waals surface area (Å²) in [5.41, 5.74) is -0.769. The zero-order chi connectivity index (χ0) is 22.0. The van der Waals surface area contributed by atoms with Crippen LogP contribution in [0.3, 0.4) is 0 Å². The third kappa shape index (κ3) is 3.67. The molecule has 5 heteroatoms. The lowest BCUT2D eigenvalue weighted by molar-refractivity contribution is -0.155. The van der Waals surface area contributed by atoms with Crippen LogP contribution < -0.4 is 0 Å². The van der Waals surface area contributed by atoms with Crippen molar-refractivity contribution < 1.29 is 19.1 Å². The van der Waals surface area contributed by atoms with Crippen molar-refractivity contribution in [3.05, 3.63) is 11.8 Å². The Morgan fingerprint density at radius 1 is 1.14 bits per heavy atom. The molecule has 3 rings (SSSR count). The van der Waals surface area contributed by atoms with E-state index in [0.717, 1.165) is 12.2 Å². The lowest BCUT2D eigenvalue weighted by Crippen LogP contribution is -2.54. The summed E-state index contributed by atoms with van der Waals surface area (Å²) in [4.78, 5) is 26.4. The molecule has 0 aromatic heterocycles. The number of ketones is 2.